The van der Waals surface area contributed by atoms with Gasteiger partial charge in [0.25, 0.3) is 0 Å². The number of aliphatic hydroxyl groups is 1. The Bertz CT molecular complexity index is 651. The van der Waals surface area contributed by atoms with Crippen LogP contribution in [0.15, 0.2) is 34.9 Å². The van der Waals surface area contributed by atoms with Crippen molar-refractivity contribution in [1.82, 2.24) is 9.88 Å². The van der Waals surface area contributed by atoms with Crippen LogP contribution in [0.25, 0.3) is 0 Å². The normalized spacial score (nSPS) is 25.7. The second-order valence-corrected chi connectivity index (χ2v) is 6.32. The summed E-state index contributed by atoms with van der Waals surface area (Å²) in [6, 6.07) is 6.59. The Balaban J connectivity index is 1.51. The van der Waals surface area contributed by atoms with Crippen molar-refractivity contribution in [3.8, 4) is 0 Å². The van der Waals surface area contributed by atoms with Crippen molar-refractivity contribution in [2.45, 2.75) is 43.9 Å². The van der Waals surface area contributed by atoms with E-state index in [1.165, 1.54) is 25.0 Å². The highest BCUT2D eigenvalue weighted by molar-refractivity contribution is 5.21. The standard InChI is InChI=1S/C17H19FN2O2/c18-13-5-3-11(4-6-13)15-7-14(21)9-20(15)10-17-19-8-16(22-17)12-1-2-12/h3-6,8,12,14-15,21H,1-2,7,9-10H2. The first-order chi connectivity index (χ1) is 10.7. The van der Waals surface area contributed by atoms with E-state index in [1.54, 1.807) is 12.1 Å². The average molecular weight is 302 g/mol. The minimum atomic E-state index is -0.368. The van der Waals surface area contributed by atoms with Gasteiger partial charge in [-0.05, 0) is 37.0 Å². The van der Waals surface area contributed by atoms with Crippen molar-refractivity contribution in [3.05, 3.63) is 53.5 Å². The van der Waals surface area contributed by atoms with Gasteiger partial charge in [0.15, 0.2) is 0 Å². The quantitative estimate of drug-likeness (QED) is 0.943. The summed E-state index contributed by atoms with van der Waals surface area (Å²) in [6.07, 6.45) is 4.49. The average Bonchev–Trinajstić information content (AvgIpc) is 3.15. The minimum Gasteiger partial charge on any atom is -0.444 e. The first-order valence-corrected chi connectivity index (χ1v) is 7.81. The van der Waals surface area contributed by atoms with Crippen LogP contribution in [0, 0.1) is 5.82 Å². The van der Waals surface area contributed by atoms with Gasteiger partial charge in [0, 0.05) is 18.5 Å². The molecule has 4 rings (SSSR count). The molecule has 2 atom stereocenters. The number of oxazole rings is 1. The number of aromatic nitrogens is 1. The van der Waals surface area contributed by atoms with E-state index in [2.05, 4.69) is 9.88 Å². The van der Waals surface area contributed by atoms with Gasteiger partial charge in [-0.1, -0.05) is 12.1 Å². The third kappa shape index (κ3) is 2.78. The molecule has 2 unspecified atom stereocenters. The number of rotatable bonds is 4. The maximum absolute atomic E-state index is 13.1. The van der Waals surface area contributed by atoms with Crippen LogP contribution in [0.5, 0.6) is 0 Å². The molecule has 22 heavy (non-hydrogen) atoms. The van der Waals surface area contributed by atoms with Crippen molar-refractivity contribution in [1.29, 1.82) is 0 Å². The summed E-state index contributed by atoms with van der Waals surface area (Å²) in [7, 11) is 0. The lowest BCUT2D eigenvalue weighted by Gasteiger charge is -2.22. The predicted octanol–water partition coefficient (Wildman–Crippen LogP) is 3.00. The molecule has 5 heteroatoms. The summed E-state index contributed by atoms with van der Waals surface area (Å²) in [4.78, 5) is 6.51. The third-order valence-corrected chi connectivity index (χ3v) is 4.53. The second kappa shape index (κ2) is 5.48. The maximum Gasteiger partial charge on any atom is 0.208 e. The first kappa shape index (κ1) is 13.9. The lowest BCUT2D eigenvalue weighted by atomic mass is 10.0. The number of hydrogen-bond donors (Lipinski definition) is 1. The van der Waals surface area contributed by atoms with Gasteiger partial charge >= 0.3 is 0 Å². The molecule has 1 saturated heterocycles. The lowest BCUT2D eigenvalue weighted by molar-refractivity contribution is 0.166. The van der Waals surface area contributed by atoms with E-state index in [0.717, 1.165) is 11.3 Å². The van der Waals surface area contributed by atoms with Crippen molar-refractivity contribution in [2.75, 3.05) is 6.54 Å². The Morgan fingerprint density at radius 2 is 2.05 bits per heavy atom. The van der Waals surface area contributed by atoms with E-state index < -0.39 is 0 Å². The highest BCUT2D eigenvalue weighted by Gasteiger charge is 2.33. The minimum absolute atomic E-state index is 0.0758. The van der Waals surface area contributed by atoms with Crippen molar-refractivity contribution < 1.29 is 13.9 Å². The molecule has 2 heterocycles. The molecule has 1 aromatic carbocycles. The van der Waals surface area contributed by atoms with Gasteiger partial charge in [0.05, 0.1) is 18.8 Å². The molecule has 1 aliphatic heterocycles. The smallest absolute Gasteiger partial charge is 0.208 e. The Morgan fingerprint density at radius 1 is 1.27 bits per heavy atom. The van der Waals surface area contributed by atoms with Gasteiger partial charge in [0.2, 0.25) is 5.89 Å². The van der Waals surface area contributed by atoms with Crippen LogP contribution in [0.1, 0.15) is 48.4 Å². The summed E-state index contributed by atoms with van der Waals surface area (Å²) >= 11 is 0. The molecule has 0 bridgehead atoms. The summed E-state index contributed by atoms with van der Waals surface area (Å²) in [5, 5.41) is 10.0. The van der Waals surface area contributed by atoms with Gasteiger partial charge in [-0.15, -0.1) is 0 Å². The van der Waals surface area contributed by atoms with Gasteiger partial charge in [-0.25, -0.2) is 9.37 Å². The van der Waals surface area contributed by atoms with E-state index >= 15 is 0 Å². The van der Waals surface area contributed by atoms with E-state index in [4.69, 9.17) is 4.42 Å². The molecule has 1 N–H and O–H groups in total. The second-order valence-electron chi connectivity index (χ2n) is 6.32. The number of halogens is 1. The fourth-order valence-corrected chi connectivity index (χ4v) is 3.21. The monoisotopic (exact) mass is 302 g/mol. The Hall–Kier alpha value is -1.72. The summed E-state index contributed by atoms with van der Waals surface area (Å²) in [5.41, 5.74) is 1.02. The molecule has 2 fully saturated rings. The van der Waals surface area contributed by atoms with Crippen LogP contribution in [0.4, 0.5) is 4.39 Å². The third-order valence-electron chi connectivity index (χ3n) is 4.53. The Labute approximate surface area is 128 Å². The van der Waals surface area contributed by atoms with Crippen LogP contribution < -0.4 is 0 Å². The lowest BCUT2D eigenvalue weighted by Crippen LogP contribution is -2.24. The SMILES string of the molecule is OC1CC(c2ccc(F)cc2)N(Cc2ncc(C3CC3)o2)C1. The van der Waals surface area contributed by atoms with E-state index in [0.29, 0.717) is 31.3 Å². The molecule has 0 spiro atoms. The molecule has 2 aromatic rings. The van der Waals surface area contributed by atoms with Crippen LogP contribution in [-0.2, 0) is 6.54 Å². The highest BCUT2D eigenvalue weighted by atomic mass is 19.1. The molecule has 0 amide bonds. The van der Waals surface area contributed by atoms with Crippen LogP contribution >= 0.6 is 0 Å². The number of aliphatic hydroxyl groups excluding tert-OH is 1. The van der Waals surface area contributed by atoms with Crippen molar-refractivity contribution in [2.24, 2.45) is 0 Å². The zero-order valence-corrected chi connectivity index (χ0v) is 12.3. The molecule has 1 saturated carbocycles. The number of β-amino-alcohol motifs (C(OH)–C–C–N with tert-alkyl or cyclic N) is 1. The Morgan fingerprint density at radius 3 is 2.77 bits per heavy atom. The Kier molecular flexibility index (Phi) is 3.47. The number of hydrogen-bond acceptors (Lipinski definition) is 4. The topological polar surface area (TPSA) is 49.5 Å². The molecule has 1 aromatic heterocycles. The molecular weight excluding hydrogens is 283 g/mol. The fraction of sp³-hybridized carbons (Fsp3) is 0.471. The molecular formula is C17H19FN2O2. The highest BCUT2D eigenvalue weighted by Crippen LogP contribution is 2.40. The van der Waals surface area contributed by atoms with E-state index in [9.17, 15) is 9.50 Å². The van der Waals surface area contributed by atoms with Crippen LogP contribution in [-0.4, -0.2) is 27.6 Å². The largest absolute Gasteiger partial charge is 0.444 e. The van der Waals surface area contributed by atoms with Gasteiger partial charge < -0.3 is 9.52 Å². The van der Waals surface area contributed by atoms with Crippen molar-refractivity contribution in [3.63, 3.8) is 0 Å². The fourth-order valence-electron chi connectivity index (χ4n) is 3.21. The molecule has 0 radical (unpaired) electrons. The first-order valence-electron chi connectivity index (χ1n) is 7.81. The number of benzene rings is 1. The van der Waals surface area contributed by atoms with E-state index in [-0.39, 0.29) is 18.0 Å². The number of likely N-dealkylation sites (tertiary alicyclic amines) is 1. The van der Waals surface area contributed by atoms with E-state index in [1.807, 2.05) is 6.20 Å². The van der Waals surface area contributed by atoms with Crippen LogP contribution in [0.2, 0.25) is 0 Å². The molecule has 2 aliphatic rings. The summed E-state index contributed by atoms with van der Waals surface area (Å²) in [6.45, 7) is 1.16. The molecule has 1 aliphatic carbocycles. The maximum atomic E-state index is 13.1. The zero-order valence-electron chi connectivity index (χ0n) is 12.3. The van der Waals surface area contributed by atoms with Gasteiger partial charge in [-0.2, -0.15) is 0 Å². The zero-order chi connectivity index (χ0) is 15.1. The summed E-state index contributed by atoms with van der Waals surface area (Å²) in [5.74, 6) is 1.99. The number of nitrogens with zero attached hydrogens (tertiary/aromatic N) is 2. The predicted molar refractivity (Wildman–Crippen MR) is 78.7 cm³/mol. The molecule has 116 valence electrons. The van der Waals surface area contributed by atoms with Gasteiger partial charge in [-0.3, -0.25) is 4.90 Å². The van der Waals surface area contributed by atoms with Crippen LogP contribution in [0.3, 0.4) is 0 Å². The molecule has 4 nitrogen and oxygen atoms in total. The summed E-state index contributed by atoms with van der Waals surface area (Å²) < 4.78 is 18.9. The van der Waals surface area contributed by atoms with Crippen molar-refractivity contribution >= 4 is 0 Å². The van der Waals surface area contributed by atoms with Gasteiger partial charge in [0.1, 0.15) is 11.6 Å².